The first-order chi connectivity index (χ1) is 5.66. The monoisotopic (exact) mass is 174 g/mol. The maximum Gasteiger partial charge on any atom is 0.314 e. The number of nitrogens with one attached hydrogen (secondary N) is 2. The Labute approximate surface area is 75.9 Å². The van der Waals surface area contributed by atoms with Crippen molar-refractivity contribution in [2.75, 3.05) is 13.1 Å². The molecule has 74 valence electrons. The number of carbonyl (C=O) groups is 1. The summed E-state index contributed by atoms with van der Waals surface area (Å²) in [6.45, 7) is 11.4. The topological polar surface area (TPSA) is 41.1 Å². The molecule has 0 radical (unpaired) electrons. The van der Waals surface area contributed by atoms with Crippen LogP contribution in [0.5, 0.6) is 0 Å². The van der Waals surface area contributed by atoms with Gasteiger partial charge in [0.2, 0.25) is 0 Å². The molecule has 3 nitrogen and oxygen atoms in total. The first kappa shape index (κ1) is 13.8. The zero-order chi connectivity index (χ0) is 9.98. The van der Waals surface area contributed by atoms with Crippen LogP contribution in [0.3, 0.4) is 0 Å². The van der Waals surface area contributed by atoms with E-state index in [1.54, 1.807) is 0 Å². The summed E-state index contributed by atoms with van der Waals surface area (Å²) in [5.74, 6) is 0.516. The molecule has 0 bridgehead atoms. The van der Waals surface area contributed by atoms with Gasteiger partial charge in [-0.15, -0.1) is 0 Å². The molecule has 0 aliphatic rings. The second-order valence-electron chi connectivity index (χ2n) is 2.63. The summed E-state index contributed by atoms with van der Waals surface area (Å²) in [5.41, 5.74) is 0. The molecular formula is C9H22N2O. The Bertz CT molecular complexity index is 103. The first-order valence-corrected chi connectivity index (χ1v) is 4.68. The summed E-state index contributed by atoms with van der Waals surface area (Å²) in [4.78, 5) is 10.7. The van der Waals surface area contributed by atoms with Crippen molar-refractivity contribution in [2.45, 2.75) is 34.6 Å². The van der Waals surface area contributed by atoms with Gasteiger partial charge in [-0.05, 0) is 12.8 Å². The van der Waals surface area contributed by atoms with E-state index in [0.717, 1.165) is 6.54 Å². The predicted molar refractivity (Wildman–Crippen MR) is 53.3 cm³/mol. The molecule has 0 saturated heterocycles. The molecule has 0 aliphatic heterocycles. The average molecular weight is 174 g/mol. The highest BCUT2D eigenvalue weighted by Gasteiger charge is 1.97. The summed E-state index contributed by atoms with van der Waals surface area (Å²) in [6.07, 6.45) is 0. The maximum absolute atomic E-state index is 10.7. The van der Waals surface area contributed by atoms with Crippen LogP contribution in [0.1, 0.15) is 34.6 Å². The summed E-state index contributed by atoms with van der Waals surface area (Å²) in [6, 6.07) is -0.0730. The van der Waals surface area contributed by atoms with E-state index in [4.69, 9.17) is 0 Å². The number of hydrogen-bond acceptors (Lipinski definition) is 1. The fourth-order valence-corrected chi connectivity index (χ4v) is 0.520. The lowest BCUT2D eigenvalue weighted by Gasteiger charge is -2.06. The number of amides is 2. The first-order valence-electron chi connectivity index (χ1n) is 4.68. The molecule has 0 aromatic rings. The number of hydrogen-bond donors (Lipinski definition) is 2. The van der Waals surface area contributed by atoms with Gasteiger partial charge in [-0.3, -0.25) is 0 Å². The molecule has 0 unspecified atom stereocenters. The number of carbonyl (C=O) groups excluding carboxylic acids is 1. The van der Waals surface area contributed by atoms with Crippen molar-refractivity contribution >= 4 is 6.03 Å². The van der Waals surface area contributed by atoms with Crippen molar-refractivity contribution in [3.05, 3.63) is 0 Å². The smallest absolute Gasteiger partial charge is 0.314 e. The van der Waals surface area contributed by atoms with Crippen LogP contribution in [0, 0.1) is 5.92 Å². The third-order valence-corrected chi connectivity index (χ3v) is 1.01. The Morgan fingerprint density at radius 3 is 2.08 bits per heavy atom. The largest absolute Gasteiger partial charge is 0.338 e. The van der Waals surface area contributed by atoms with Gasteiger partial charge in [0.05, 0.1) is 0 Å². The van der Waals surface area contributed by atoms with Gasteiger partial charge in [0, 0.05) is 13.1 Å². The predicted octanol–water partition coefficient (Wildman–Crippen LogP) is 1.99. The van der Waals surface area contributed by atoms with Crippen LogP contribution in [0.25, 0.3) is 0 Å². The van der Waals surface area contributed by atoms with Crippen molar-refractivity contribution in [3.63, 3.8) is 0 Å². The molecule has 0 aromatic carbocycles. The van der Waals surface area contributed by atoms with Crippen molar-refractivity contribution in [2.24, 2.45) is 5.92 Å². The average Bonchev–Trinajstić information content (AvgIpc) is 2.05. The molecule has 0 heterocycles. The Morgan fingerprint density at radius 1 is 1.25 bits per heavy atom. The number of rotatable bonds is 3. The van der Waals surface area contributed by atoms with E-state index in [1.807, 2.05) is 20.8 Å². The lowest BCUT2D eigenvalue weighted by Crippen LogP contribution is -2.37. The summed E-state index contributed by atoms with van der Waals surface area (Å²) in [5, 5.41) is 5.38. The SMILES string of the molecule is CC.CCNC(=O)NCC(C)C. The zero-order valence-electron chi connectivity index (χ0n) is 8.90. The molecule has 0 spiro atoms. The zero-order valence-corrected chi connectivity index (χ0v) is 8.90. The van der Waals surface area contributed by atoms with E-state index in [0.29, 0.717) is 12.5 Å². The lowest BCUT2D eigenvalue weighted by atomic mass is 10.2. The minimum atomic E-state index is -0.0730. The Kier molecular flexibility index (Phi) is 11.8. The van der Waals surface area contributed by atoms with Crippen LogP contribution in [0.4, 0.5) is 4.79 Å². The standard InChI is InChI=1S/C7H16N2O.C2H6/c1-4-8-7(10)9-5-6(2)3;1-2/h6H,4-5H2,1-3H3,(H2,8,9,10);1-2H3. The second kappa shape index (κ2) is 10.3. The van der Waals surface area contributed by atoms with E-state index in [9.17, 15) is 4.79 Å². The molecular weight excluding hydrogens is 152 g/mol. The molecule has 0 rings (SSSR count). The van der Waals surface area contributed by atoms with Crippen LogP contribution in [0.2, 0.25) is 0 Å². The minimum absolute atomic E-state index is 0.0730. The van der Waals surface area contributed by atoms with Gasteiger partial charge in [0.25, 0.3) is 0 Å². The van der Waals surface area contributed by atoms with Crippen molar-refractivity contribution in [3.8, 4) is 0 Å². The molecule has 12 heavy (non-hydrogen) atoms. The quantitative estimate of drug-likeness (QED) is 0.675. The Hall–Kier alpha value is -0.730. The summed E-state index contributed by atoms with van der Waals surface area (Å²) in [7, 11) is 0. The van der Waals surface area contributed by atoms with Crippen LogP contribution in [0.15, 0.2) is 0 Å². The Morgan fingerprint density at radius 2 is 1.75 bits per heavy atom. The van der Waals surface area contributed by atoms with Crippen LogP contribution < -0.4 is 10.6 Å². The highest BCUT2D eigenvalue weighted by atomic mass is 16.2. The van der Waals surface area contributed by atoms with E-state index in [2.05, 4.69) is 24.5 Å². The van der Waals surface area contributed by atoms with Crippen molar-refractivity contribution in [1.29, 1.82) is 0 Å². The normalized spacial score (nSPS) is 8.50. The van der Waals surface area contributed by atoms with Crippen LogP contribution in [-0.2, 0) is 0 Å². The van der Waals surface area contributed by atoms with Crippen LogP contribution >= 0.6 is 0 Å². The molecule has 0 fully saturated rings. The van der Waals surface area contributed by atoms with Gasteiger partial charge in [0.15, 0.2) is 0 Å². The van der Waals surface area contributed by atoms with Gasteiger partial charge in [-0.25, -0.2) is 4.79 Å². The summed E-state index contributed by atoms with van der Waals surface area (Å²) >= 11 is 0. The Balaban J connectivity index is 0. The van der Waals surface area contributed by atoms with Crippen molar-refractivity contribution < 1.29 is 4.79 Å². The fourth-order valence-electron chi connectivity index (χ4n) is 0.520. The molecule has 0 aliphatic carbocycles. The second-order valence-corrected chi connectivity index (χ2v) is 2.63. The van der Waals surface area contributed by atoms with E-state index in [1.165, 1.54) is 0 Å². The maximum atomic E-state index is 10.7. The van der Waals surface area contributed by atoms with E-state index >= 15 is 0 Å². The van der Waals surface area contributed by atoms with E-state index in [-0.39, 0.29) is 6.03 Å². The van der Waals surface area contributed by atoms with Crippen molar-refractivity contribution in [1.82, 2.24) is 10.6 Å². The highest BCUT2D eigenvalue weighted by molar-refractivity contribution is 5.73. The molecule has 0 saturated carbocycles. The highest BCUT2D eigenvalue weighted by Crippen LogP contribution is 1.85. The molecule has 2 amide bonds. The molecule has 2 N–H and O–H groups in total. The van der Waals surface area contributed by atoms with Crippen LogP contribution in [-0.4, -0.2) is 19.1 Å². The van der Waals surface area contributed by atoms with Gasteiger partial charge in [-0.1, -0.05) is 27.7 Å². The van der Waals surface area contributed by atoms with Gasteiger partial charge >= 0.3 is 6.03 Å². The minimum Gasteiger partial charge on any atom is -0.338 e. The molecule has 3 heteroatoms. The summed E-state index contributed by atoms with van der Waals surface area (Å²) < 4.78 is 0. The fraction of sp³-hybridized carbons (Fsp3) is 0.889. The van der Waals surface area contributed by atoms with Gasteiger partial charge in [-0.2, -0.15) is 0 Å². The van der Waals surface area contributed by atoms with Gasteiger partial charge < -0.3 is 10.6 Å². The molecule has 0 atom stereocenters. The third kappa shape index (κ3) is 12.0. The van der Waals surface area contributed by atoms with E-state index < -0.39 is 0 Å². The third-order valence-electron chi connectivity index (χ3n) is 1.01. The lowest BCUT2D eigenvalue weighted by molar-refractivity contribution is 0.240. The van der Waals surface area contributed by atoms with Gasteiger partial charge in [0.1, 0.15) is 0 Å². The molecule has 0 aromatic heterocycles. The number of urea groups is 1.